The van der Waals surface area contributed by atoms with Gasteiger partial charge in [-0.05, 0) is 18.2 Å². The SMILES string of the molecule is COc1ccc(NC(=O)c2cc(NN)ccn2)cn1. The minimum absolute atomic E-state index is 0.256. The van der Waals surface area contributed by atoms with E-state index in [0.717, 1.165) is 0 Å². The fourth-order valence-corrected chi connectivity index (χ4v) is 1.41. The first kappa shape index (κ1) is 12.8. The molecule has 0 radical (unpaired) electrons. The van der Waals surface area contributed by atoms with Gasteiger partial charge in [-0.2, -0.15) is 0 Å². The van der Waals surface area contributed by atoms with E-state index in [0.29, 0.717) is 17.3 Å². The van der Waals surface area contributed by atoms with E-state index < -0.39 is 0 Å². The summed E-state index contributed by atoms with van der Waals surface area (Å²) in [6, 6.07) is 6.55. The third kappa shape index (κ3) is 3.17. The number of rotatable bonds is 4. The lowest BCUT2D eigenvalue weighted by Gasteiger charge is -2.06. The number of nitrogens with two attached hydrogens (primary N) is 1. The lowest BCUT2D eigenvalue weighted by molar-refractivity contribution is 0.102. The highest BCUT2D eigenvalue weighted by atomic mass is 16.5. The molecule has 0 spiro atoms. The Balaban J connectivity index is 2.11. The molecular weight excluding hydrogens is 246 g/mol. The number of hydrazine groups is 1. The van der Waals surface area contributed by atoms with Gasteiger partial charge in [0.25, 0.3) is 5.91 Å². The number of anilines is 2. The van der Waals surface area contributed by atoms with Crippen molar-refractivity contribution in [2.45, 2.75) is 0 Å². The average Bonchev–Trinajstić information content (AvgIpc) is 2.48. The molecule has 0 aliphatic heterocycles. The second-order valence-corrected chi connectivity index (χ2v) is 3.62. The van der Waals surface area contributed by atoms with Crippen LogP contribution < -0.4 is 21.3 Å². The molecule has 0 atom stereocenters. The van der Waals surface area contributed by atoms with Crippen molar-refractivity contribution in [2.75, 3.05) is 17.9 Å². The molecule has 2 aromatic heterocycles. The molecule has 0 fully saturated rings. The van der Waals surface area contributed by atoms with E-state index >= 15 is 0 Å². The Hall–Kier alpha value is -2.67. The van der Waals surface area contributed by atoms with Gasteiger partial charge in [-0.25, -0.2) is 4.98 Å². The van der Waals surface area contributed by atoms with Gasteiger partial charge in [0.1, 0.15) is 5.69 Å². The van der Waals surface area contributed by atoms with Crippen molar-refractivity contribution in [3.63, 3.8) is 0 Å². The molecule has 19 heavy (non-hydrogen) atoms. The van der Waals surface area contributed by atoms with E-state index in [9.17, 15) is 4.79 Å². The van der Waals surface area contributed by atoms with E-state index in [1.807, 2.05) is 0 Å². The molecular formula is C12H13N5O2. The van der Waals surface area contributed by atoms with E-state index in [-0.39, 0.29) is 11.6 Å². The molecule has 0 saturated carbocycles. The second-order valence-electron chi connectivity index (χ2n) is 3.62. The second kappa shape index (κ2) is 5.78. The van der Waals surface area contributed by atoms with Gasteiger partial charge in [-0.1, -0.05) is 0 Å². The summed E-state index contributed by atoms with van der Waals surface area (Å²) in [5, 5.41) is 2.67. The van der Waals surface area contributed by atoms with Crippen molar-refractivity contribution in [2.24, 2.45) is 5.84 Å². The lowest BCUT2D eigenvalue weighted by Crippen LogP contribution is -2.15. The van der Waals surface area contributed by atoms with Crippen LogP contribution in [0.2, 0.25) is 0 Å². The van der Waals surface area contributed by atoms with Crippen molar-refractivity contribution in [3.05, 3.63) is 42.4 Å². The summed E-state index contributed by atoms with van der Waals surface area (Å²) < 4.78 is 4.93. The molecule has 2 rings (SSSR count). The minimum Gasteiger partial charge on any atom is -0.481 e. The third-order valence-electron chi connectivity index (χ3n) is 2.36. The van der Waals surface area contributed by atoms with Gasteiger partial charge in [0.15, 0.2) is 0 Å². The molecule has 7 nitrogen and oxygen atoms in total. The number of hydrogen-bond acceptors (Lipinski definition) is 6. The summed E-state index contributed by atoms with van der Waals surface area (Å²) in [5.74, 6) is 5.40. The number of aromatic nitrogens is 2. The van der Waals surface area contributed by atoms with Crippen LogP contribution in [0.15, 0.2) is 36.7 Å². The fraction of sp³-hybridized carbons (Fsp3) is 0.0833. The molecule has 7 heteroatoms. The molecule has 0 aliphatic carbocycles. The maximum atomic E-state index is 11.9. The van der Waals surface area contributed by atoms with Crippen molar-refractivity contribution < 1.29 is 9.53 Å². The van der Waals surface area contributed by atoms with Crippen LogP contribution in [0.4, 0.5) is 11.4 Å². The van der Waals surface area contributed by atoms with Gasteiger partial charge >= 0.3 is 0 Å². The molecule has 2 aromatic rings. The zero-order valence-electron chi connectivity index (χ0n) is 10.3. The molecule has 0 aliphatic rings. The number of carbonyl (C=O) groups excluding carboxylic acids is 1. The highest BCUT2D eigenvalue weighted by molar-refractivity contribution is 6.03. The average molecular weight is 259 g/mol. The van der Waals surface area contributed by atoms with Crippen LogP contribution in [0, 0.1) is 0 Å². The molecule has 0 aromatic carbocycles. The molecule has 2 heterocycles. The van der Waals surface area contributed by atoms with E-state index in [1.54, 1.807) is 24.3 Å². The summed E-state index contributed by atoms with van der Waals surface area (Å²) in [6.45, 7) is 0. The highest BCUT2D eigenvalue weighted by Gasteiger charge is 2.08. The molecule has 0 unspecified atom stereocenters. The molecule has 4 N–H and O–H groups in total. The van der Waals surface area contributed by atoms with Gasteiger partial charge in [0, 0.05) is 12.3 Å². The molecule has 0 saturated heterocycles. The Morgan fingerprint density at radius 2 is 2.11 bits per heavy atom. The van der Waals surface area contributed by atoms with Crippen LogP contribution in [0.3, 0.4) is 0 Å². The Labute approximate surface area is 109 Å². The molecule has 98 valence electrons. The largest absolute Gasteiger partial charge is 0.481 e. The first-order valence-corrected chi connectivity index (χ1v) is 5.47. The van der Waals surface area contributed by atoms with E-state index in [4.69, 9.17) is 10.6 Å². The topological polar surface area (TPSA) is 102 Å². The zero-order valence-corrected chi connectivity index (χ0v) is 10.3. The Morgan fingerprint density at radius 1 is 1.26 bits per heavy atom. The maximum Gasteiger partial charge on any atom is 0.274 e. The van der Waals surface area contributed by atoms with Crippen LogP contribution in [0.25, 0.3) is 0 Å². The van der Waals surface area contributed by atoms with Crippen LogP contribution in [0.1, 0.15) is 10.5 Å². The quantitative estimate of drug-likeness (QED) is 0.559. The Bertz CT molecular complexity index is 571. The van der Waals surface area contributed by atoms with Gasteiger partial charge in [-0.15, -0.1) is 0 Å². The number of methoxy groups -OCH3 is 1. The lowest BCUT2D eigenvalue weighted by atomic mass is 10.3. The number of hydrogen-bond donors (Lipinski definition) is 3. The van der Waals surface area contributed by atoms with Crippen LogP contribution in [-0.2, 0) is 0 Å². The number of ether oxygens (including phenoxy) is 1. The fourth-order valence-electron chi connectivity index (χ4n) is 1.41. The number of nitrogen functional groups attached to an aromatic ring is 1. The molecule has 1 amide bonds. The standard InChI is InChI=1S/C12H13N5O2/c1-19-11-3-2-9(7-15-11)16-12(18)10-6-8(17-13)4-5-14-10/h2-7H,13H2,1H3,(H,14,17)(H,16,18). The van der Waals surface area contributed by atoms with Gasteiger partial charge in [0.2, 0.25) is 5.88 Å². The first-order valence-electron chi connectivity index (χ1n) is 5.47. The summed E-state index contributed by atoms with van der Waals surface area (Å²) >= 11 is 0. The zero-order chi connectivity index (χ0) is 13.7. The summed E-state index contributed by atoms with van der Waals surface area (Å²) in [4.78, 5) is 19.9. The molecule has 0 bridgehead atoms. The number of carbonyl (C=O) groups is 1. The van der Waals surface area contributed by atoms with Crippen LogP contribution in [0.5, 0.6) is 5.88 Å². The monoisotopic (exact) mass is 259 g/mol. The summed E-state index contributed by atoms with van der Waals surface area (Å²) in [5.41, 5.74) is 3.87. The first-order chi connectivity index (χ1) is 9.22. The number of nitrogens with one attached hydrogen (secondary N) is 2. The van der Waals surface area contributed by atoms with E-state index in [2.05, 4.69) is 20.7 Å². The van der Waals surface area contributed by atoms with E-state index in [1.165, 1.54) is 19.5 Å². The number of pyridine rings is 2. The number of amides is 1. The van der Waals surface area contributed by atoms with Crippen molar-refractivity contribution in [3.8, 4) is 5.88 Å². The van der Waals surface area contributed by atoms with Crippen molar-refractivity contribution >= 4 is 17.3 Å². The normalized spacial score (nSPS) is 9.79. The van der Waals surface area contributed by atoms with Gasteiger partial charge in [-0.3, -0.25) is 15.6 Å². The smallest absolute Gasteiger partial charge is 0.274 e. The Morgan fingerprint density at radius 3 is 2.74 bits per heavy atom. The van der Waals surface area contributed by atoms with Crippen LogP contribution in [-0.4, -0.2) is 23.0 Å². The third-order valence-corrected chi connectivity index (χ3v) is 2.36. The number of nitrogens with zero attached hydrogens (tertiary/aromatic N) is 2. The van der Waals surface area contributed by atoms with Gasteiger partial charge in [0.05, 0.1) is 24.7 Å². The minimum atomic E-state index is -0.343. The summed E-state index contributed by atoms with van der Waals surface area (Å²) in [7, 11) is 1.52. The van der Waals surface area contributed by atoms with Crippen LogP contribution >= 0.6 is 0 Å². The highest BCUT2D eigenvalue weighted by Crippen LogP contribution is 2.13. The van der Waals surface area contributed by atoms with Gasteiger partial charge < -0.3 is 15.5 Å². The predicted molar refractivity (Wildman–Crippen MR) is 70.8 cm³/mol. The Kier molecular flexibility index (Phi) is 3.89. The van der Waals surface area contributed by atoms with Crippen molar-refractivity contribution in [1.82, 2.24) is 9.97 Å². The maximum absolute atomic E-state index is 11.9. The predicted octanol–water partition coefficient (Wildman–Crippen LogP) is 1.02. The summed E-state index contributed by atoms with van der Waals surface area (Å²) in [6.07, 6.45) is 3.00. The van der Waals surface area contributed by atoms with Crippen molar-refractivity contribution in [1.29, 1.82) is 0 Å².